The third kappa shape index (κ3) is 5.48. The minimum Gasteiger partial charge on any atom is -0.338 e. The molecule has 0 saturated heterocycles. The second kappa shape index (κ2) is 7.84. The van der Waals surface area contributed by atoms with Crippen LogP contribution < -0.4 is 16.2 Å². The molecular weight excluding hydrogens is 268 g/mol. The van der Waals surface area contributed by atoms with Crippen molar-refractivity contribution in [3.05, 3.63) is 58.4 Å². The number of hydrogen-bond acceptors (Lipinski definition) is 3. The lowest BCUT2D eigenvalue weighted by Crippen LogP contribution is -2.30. The number of aromatic nitrogens is 2. The molecule has 0 unspecified atom stereocenters. The van der Waals surface area contributed by atoms with Gasteiger partial charge >= 0.3 is 6.03 Å². The molecule has 0 fully saturated rings. The summed E-state index contributed by atoms with van der Waals surface area (Å²) in [5.74, 6) is 0.316. The van der Waals surface area contributed by atoms with E-state index < -0.39 is 0 Å². The van der Waals surface area contributed by atoms with Crippen LogP contribution in [-0.4, -0.2) is 22.8 Å². The lowest BCUT2D eigenvalue weighted by Gasteiger charge is -2.06. The number of aryl methyl sites for hydroxylation is 1. The molecule has 6 nitrogen and oxygen atoms in total. The van der Waals surface area contributed by atoms with Crippen LogP contribution in [0.4, 0.5) is 10.6 Å². The summed E-state index contributed by atoms with van der Waals surface area (Å²) in [6.45, 7) is 0.599. The first-order valence-corrected chi connectivity index (χ1v) is 6.88. The van der Waals surface area contributed by atoms with Gasteiger partial charge in [0.15, 0.2) is 5.82 Å². The Labute approximate surface area is 122 Å². The number of hydrogen-bond donors (Lipinski definition) is 3. The van der Waals surface area contributed by atoms with E-state index in [1.54, 1.807) is 0 Å². The molecule has 0 aliphatic rings. The predicted octanol–water partition coefficient (Wildman–Crippen LogP) is 1.91. The smallest absolute Gasteiger partial charge is 0.320 e. The Kier molecular flexibility index (Phi) is 5.51. The highest BCUT2D eigenvalue weighted by atomic mass is 16.2. The summed E-state index contributed by atoms with van der Waals surface area (Å²) in [4.78, 5) is 22.4. The zero-order valence-electron chi connectivity index (χ0n) is 11.6. The molecule has 110 valence electrons. The molecule has 2 aromatic rings. The SMILES string of the molecule is O=C(NCCCCc1ccccc1)Nc1ccc(=O)[nH]n1. The molecule has 1 aromatic carbocycles. The van der Waals surface area contributed by atoms with Gasteiger partial charge in [0.25, 0.3) is 5.56 Å². The van der Waals surface area contributed by atoms with Gasteiger partial charge in [0.2, 0.25) is 0 Å². The minimum atomic E-state index is -0.325. The van der Waals surface area contributed by atoms with E-state index in [9.17, 15) is 9.59 Å². The van der Waals surface area contributed by atoms with Gasteiger partial charge in [0.1, 0.15) is 0 Å². The van der Waals surface area contributed by atoms with Crippen LogP contribution in [0.5, 0.6) is 0 Å². The van der Waals surface area contributed by atoms with Crippen molar-refractivity contribution in [2.45, 2.75) is 19.3 Å². The van der Waals surface area contributed by atoms with Crippen LogP contribution in [0.25, 0.3) is 0 Å². The summed E-state index contributed by atoms with van der Waals surface area (Å²) in [5, 5.41) is 11.2. The Morgan fingerprint density at radius 3 is 2.62 bits per heavy atom. The summed E-state index contributed by atoms with van der Waals surface area (Å²) < 4.78 is 0. The fourth-order valence-corrected chi connectivity index (χ4v) is 1.88. The largest absolute Gasteiger partial charge is 0.338 e. The molecule has 0 aliphatic heterocycles. The van der Waals surface area contributed by atoms with Crippen LogP contribution in [0.15, 0.2) is 47.3 Å². The molecule has 1 aromatic heterocycles. The van der Waals surface area contributed by atoms with Crippen LogP contribution in [0.1, 0.15) is 18.4 Å². The Hall–Kier alpha value is -2.63. The molecule has 2 rings (SSSR count). The molecule has 0 radical (unpaired) electrons. The fraction of sp³-hybridized carbons (Fsp3) is 0.267. The maximum Gasteiger partial charge on any atom is 0.320 e. The second-order valence-electron chi connectivity index (χ2n) is 4.63. The first kappa shape index (κ1) is 14.8. The minimum absolute atomic E-state index is 0.304. The van der Waals surface area contributed by atoms with Crippen molar-refractivity contribution >= 4 is 11.8 Å². The highest BCUT2D eigenvalue weighted by Crippen LogP contribution is 2.03. The maximum absolute atomic E-state index is 11.6. The lowest BCUT2D eigenvalue weighted by atomic mass is 10.1. The highest BCUT2D eigenvalue weighted by molar-refractivity contribution is 5.87. The summed E-state index contributed by atoms with van der Waals surface area (Å²) >= 11 is 0. The Morgan fingerprint density at radius 1 is 1.10 bits per heavy atom. The van der Waals surface area contributed by atoms with Crippen molar-refractivity contribution in [2.24, 2.45) is 0 Å². The van der Waals surface area contributed by atoms with E-state index in [0.717, 1.165) is 19.3 Å². The van der Waals surface area contributed by atoms with Crippen molar-refractivity contribution < 1.29 is 4.79 Å². The lowest BCUT2D eigenvalue weighted by molar-refractivity contribution is 0.252. The van der Waals surface area contributed by atoms with Crippen molar-refractivity contribution in [3.63, 3.8) is 0 Å². The van der Waals surface area contributed by atoms with Crippen LogP contribution in [-0.2, 0) is 6.42 Å². The average Bonchev–Trinajstić information content (AvgIpc) is 2.50. The third-order valence-corrected chi connectivity index (χ3v) is 2.94. The predicted molar refractivity (Wildman–Crippen MR) is 81.3 cm³/mol. The van der Waals surface area contributed by atoms with Gasteiger partial charge in [0.05, 0.1) is 0 Å². The molecule has 1 heterocycles. The van der Waals surface area contributed by atoms with Gasteiger partial charge in [-0.05, 0) is 30.9 Å². The van der Waals surface area contributed by atoms with Crippen molar-refractivity contribution in [1.82, 2.24) is 15.5 Å². The number of nitrogens with one attached hydrogen (secondary N) is 3. The Bertz CT molecular complexity index is 605. The normalized spacial score (nSPS) is 10.1. The van der Waals surface area contributed by atoms with E-state index in [1.165, 1.54) is 17.7 Å². The van der Waals surface area contributed by atoms with Gasteiger partial charge in [-0.25, -0.2) is 9.89 Å². The number of amides is 2. The third-order valence-electron chi connectivity index (χ3n) is 2.94. The first-order chi connectivity index (χ1) is 10.2. The quantitative estimate of drug-likeness (QED) is 0.709. The van der Waals surface area contributed by atoms with E-state index in [-0.39, 0.29) is 11.6 Å². The number of unbranched alkanes of at least 4 members (excludes halogenated alkanes) is 1. The molecule has 0 saturated carbocycles. The van der Waals surface area contributed by atoms with Gasteiger partial charge < -0.3 is 5.32 Å². The first-order valence-electron chi connectivity index (χ1n) is 6.88. The molecule has 0 bridgehead atoms. The van der Waals surface area contributed by atoms with Crippen LogP contribution >= 0.6 is 0 Å². The zero-order chi connectivity index (χ0) is 14.9. The van der Waals surface area contributed by atoms with Crippen molar-refractivity contribution in [1.29, 1.82) is 0 Å². The second-order valence-corrected chi connectivity index (χ2v) is 4.63. The monoisotopic (exact) mass is 286 g/mol. The zero-order valence-corrected chi connectivity index (χ0v) is 11.6. The molecule has 0 atom stereocenters. The van der Waals surface area contributed by atoms with E-state index in [2.05, 4.69) is 33.0 Å². The average molecular weight is 286 g/mol. The van der Waals surface area contributed by atoms with Gasteiger partial charge in [0, 0.05) is 12.6 Å². The number of aromatic amines is 1. The Balaban J connectivity index is 1.61. The number of carbonyl (C=O) groups is 1. The van der Waals surface area contributed by atoms with E-state index in [0.29, 0.717) is 12.4 Å². The Morgan fingerprint density at radius 2 is 1.90 bits per heavy atom. The molecular formula is C15H18N4O2. The topological polar surface area (TPSA) is 86.9 Å². The van der Waals surface area contributed by atoms with Gasteiger partial charge in [-0.3, -0.25) is 10.1 Å². The highest BCUT2D eigenvalue weighted by Gasteiger charge is 2.01. The van der Waals surface area contributed by atoms with E-state index >= 15 is 0 Å². The standard InChI is InChI=1S/C15H18N4O2/c20-14-10-9-13(18-19-14)17-15(21)16-11-5-4-8-12-6-2-1-3-7-12/h1-3,6-7,9-10H,4-5,8,11H2,(H,19,20)(H2,16,17,18,21). The number of nitrogens with zero attached hydrogens (tertiary/aromatic N) is 1. The number of rotatable bonds is 6. The number of carbonyl (C=O) groups excluding carboxylic acids is 1. The van der Waals surface area contributed by atoms with Gasteiger partial charge in [-0.1, -0.05) is 30.3 Å². The summed E-state index contributed by atoms with van der Waals surface area (Å²) in [6.07, 6.45) is 2.92. The number of urea groups is 1. The maximum atomic E-state index is 11.6. The molecule has 21 heavy (non-hydrogen) atoms. The summed E-state index contributed by atoms with van der Waals surface area (Å²) in [5.41, 5.74) is 1.00. The van der Waals surface area contributed by atoms with E-state index in [4.69, 9.17) is 0 Å². The molecule has 6 heteroatoms. The van der Waals surface area contributed by atoms with Crippen LogP contribution in [0.3, 0.4) is 0 Å². The van der Waals surface area contributed by atoms with Gasteiger partial charge in [-0.15, -0.1) is 0 Å². The van der Waals surface area contributed by atoms with Crippen molar-refractivity contribution in [2.75, 3.05) is 11.9 Å². The van der Waals surface area contributed by atoms with Crippen molar-refractivity contribution in [3.8, 4) is 0 Å². The number of benzene rings is 1. The van der Waals surface area contributed by atoms with Crippen LogP contribution in [0, 0.1) is 0 Å². The van der Waals surface area contributed by atoms with Gasteiger partial charge in [-0.2, -0.15) is 5.10 Å². The number of anilines is 1. The van der Waals surface area contributed by atoms with E-state index in [1.807, 2.05) is 18.2 Å². The fourth-order valence-electron chi connectivity index (χ4n) is 1.88. The summed E-state index contributed by atoms with van der Waals surface area (Å²) in [7, 11) is 0. The summed E-state index contributed by atoms with van der Waals surface area (Å²) in [6, 6.07) is 12.7. The number of H-pyrrole nitrogens is 1. The molecule has 2 amide bonds. The molecule has 0 spiro atoms. The molecule has 3 N–H and O–H groups in total. The molecule has 0 aliphatic carbocycles. The van der Waals surface area contributed by atoms with Crippen LogP contribution in [0.2, 0.25) is 0 Å².